The fraction of sp³-hybridized carbons (Fsp3) is 0.720. The Morgan fingerprint density at radius 3 is 2.57 bits per heavy atom. The van der Waals surface area contributed by atoms with E-state index in [0.29, 0.717) is 24.5 Å². The van der Waals surface area contributed by atoms with Crippen molar-refractivity contribution < 1.29 is 9.53 Å². The van der Waals surface area contributed by atoms with E-state index in [1.807, 2.05) is 18.2 Å². The molecule has 0 saturated heterocycles. The van der Waals surface area contributed by atoms with Crippen LogP contribution < -0.4 is 21.1 Å². The van der Waals surface area contributed by atoms with E-state index in [-0.39, 0.29) is 17.5 Å². The highest BCUT2D eigenvalue weighted by molar-refractivity contribution is 5.98. The van der Waals surface area contributed by atoms with Gasteiger partial charge in [-0.2, -0.15) is 0 Å². The summed E-state index contributed by atoms with van der Waals surface area (Å²) in [5.41, 5.74) is 7.03. The summed E-state index contributed by atoms with van der Waals surface area (Å²) in [7, 11) is 0. The van der Waals surface area contributed by atoms with Gasteiger partial charge in [-0.3, -0.25) is 4.79 Å². The zero-order valence-electron chi connectivity index (χ0n) is 19.6. The molecule has 1 amide bonds. The molecule has 1 unspecified atom stereocenters. The van der Waals surface area contributed by atoms with Gasteiger partial charge < -0.3 is 21.1 Å². The van der Waals surface area contributed by atoms with Crippen molar-refractivity contribution in [2.45, 2.75) is 97.1 Å². The van der Waals surface area contributed by atoms with Crippen molar-refractivity contribution >= 4 is 11.6 Å². The third-order valence-electron chi connectivity index (χ3n) is 5.64. The quantitative estimate of drug-likeness (QED) is 0.416. The molecule has 0 aromatic heterocycles. The van der Waals surface area contributed by atoms with Crippen LogP contribution in [0.2, 0.25) is 0 Å². The Balaban J connectivity index is 2.05. The number of hydrogen-bond donors (Lipinski definition) is 3. The minimum Gasteiger partial charge on any atom is -0.493 e. The maximum absolute atomic E-state index is 13.1. The zero-order chi connectivity index (χ0) is 22.0. The monoisotopic (exact) mass is 417 g/mol. The first-order valence-electron chi connectivity index (χ1n) is 11.8. The number of hydrogen-bond acceptors (Lipinski definition) is 4. The average molecular weight is 418 g/mol. The maximum Gasteiger partial charge on any atom is 0.255 e. The van der Waals surface area contributed by atoms with Crippen molar-refractivity contribution in [3.05, 3.63) is 23.8 Å². The van der Waals surface area contributed by atoms with Crippen molar-refractivity contribution in [3.63, 3.8) is 0 Å². The molecule has 30 heavy (non-hydrogen) atoms. The molecular formula is C25H43N3O2. The number of carbonyl (C=O) groups is 1. The van der Waals surface area contributed by atoms with Crippen molar-refractivity contribution in [1.29, 1.82) is 0 Å². The number of ether oxygens (including phenoxy) is 1. The average Bonchev–Trinajstić information content (AvgIpc) is 2.68. The van der Waals surface area contributed by atoms with Gasteiger partial charge in [-0.1, -0.05) is 32.1 Å². The third-order valence-corrected chi connectivity index (χ3v) is 5.64. The number of nitrogens with one attached hydrogen (secondary N) is 2. The van der Waals surface area contributed by atoms with E-state index in [1.165, 1.54) is 32.1 Å². The zero-order valence-corrected chi connectivity index (χ0v) is 19.6. The van der Waals surface area contributed by atoms with Crippen LogP contribution in [0.4, 0.5) is 5.69 Å². The molecule has 0 spiro atoms. The molecule has 170 valence electrons. The van der Waals surface area contributed by atoms with Gasteiger partial charge in [-0.25, -0.2) is 0 Å². The number of unbranched alkanes of at least 4 members (excludes halogenated alkanes) is 2. The molecular weight excluding hydrogens is 374 g/mol. The van der Waals surface area contributed by atoms with Crippen LogP contribution in [0.5, 0.6) is 5.75 Å². The summed E-state index contributed by atoms with van der Waals surface area (Å²) in [4.78, 5) is 13.1. The van der Waals surface area contributed by atoms with Crippen molar-refractivity contribution in [2.75, 3.05) is 18.5 Å². The maximum atomic E-state index is 13.1. The molecule has 1 saturated carbocycles. The summed E-state index contributed by atoms with van der Waals surface area (Å²) in [6, 6.07) is 5.99. The van der Waals surface area contributed by atoms with Crippen molar-refractivity contribution in [1.82, 2.24) is 5.32 Å². The van der Waals surface area contributed by atoms with Gasteiger partial charge >= 0.3 is 0 Å². The fourth-order valence-electron chi connectivity index (χ4n) is 4.23. The number of benzene rings is 1. The Morgan fingerprint density at radius 2 is 1.90 bits per heavy atom. The number of amides is 1. The normalized spacial score (nSPS) is 16.2. The molecule has 5 heteroatoms. The molecule has 0 aliphatic heterocycles. The van der Waals surface area contributed by atoms with Crippen LogP contribution in [0, 0.1) is 5.92 Å². The number of carbonyl (C=O) groups excluding carboxylic acids is 1. The highest BCUT2D eigenvalue weighted by Crippen LogP contribution is 2.28. The number of rotatable bonds is 11. The summed E-state index contributed by atoms with van der Waals surface area (Å²) in [6.07, 6.45) is 10.6. The van der Waals surface area contributed by atoms with Gasteiger partial charge in [0.05, 0.1) is 12.2 Å². The molecule has 2 rings (SSSR count). The summed E-state index contributed by atoms with van der Waals surface area (Å²) in [5.74, 6) is 1.35. The molecule has 1 aromatic carbocycles. The Kier molecular flexibility index (Phi) is 9.96. The molecule has 0 radical (unpaired) electrons. The summed E-state index contributed by atoms with van der Waals surface area (Å²) >= 11 is 0. The molecule has 5 nitrogen and oxygen atoms in total. The van der Waals surface area contributed by atoms with Crippen LogP contribution in [-0.4, -0.2) is 30.6 Å². The Morgan fingerprint density at radius 1 is 1.17 bits per heavy atom. The van der Waals surface area contributed by atoms with Gasteiger partial charge in [-0.05, 0) is 84.0 Å². The van der Waals surface area contributed by atoms with Crippen molar-refractivity contribution in [3.8, 4) is 5.75 Å². The number of anilines is 1. The highest BCUT2D eigenvalue weighted by Gasteiger charge is 2.21. The van der Waals surface area contributed by atoms with E-state index in [1.54, 1.807) is 0 Å². The molecule has 0 heterocycles. The summed E-state index contributed by atoms with van der Waals surface area (Å²) in [5, 5.41) is 6.68. The molecule has 0 bridgehead atoms. The van der Waals surface area contributed by atoms with Crippen LogP contribution in [0.3, 0.4) is 0 Å². The molecule has 1 aromatic rings. The second-order valence-corrected chi connectivity index (χ2v) is 9.90. The first kappa shape index (κ1) is 24.5. The van der Waals surface area contributed by atoms with Crippen LogP contribution >= 0.6 is 0 Å². The predicted molar refractivity (Wildman–Crippen MR) is 126 cm³/mol. The fourth-order valence-corrected chi connectivity index (χ4v) is 4.23. The standard InChI is InChI=1S/C25H43N3O2/c1-19(17-20-11-7-5-8-12-20)27-24(29)22-18-21(28-25(2,3)4)13-14-23(22)30-16-10-6-9-15-26/h13-14,18-20,28H,5-12,15-17,26H2,1-4H3,(H,27,29). The molecule has 1 fully saturated rings. The SMILES string of the molecule is CC(CC1CCCCC1)NC(=O)c1cc(NC(C)(C)C)ccc1OCCCCCN. The van der Waals surface area contributed by atoms with Gasteiger partial charge in [-0.15, -0.1) is 0 Å². The van der Waals surface area contributed by atoms with E-state index >= 15 is 0 Å². The first-order chi connectivity index (χ1) is 14.3. The third kappa shape index (κ3) is 8.95. The highest BCUT2D eigenvalue weighted by atomic mass is 16.5. The van der Waals surface area contributed by atoms with Gasteiger partial charge in [0.15, 0.2) is 0 Å². The van der Waals surface area contributed by atoms with Crippen LogP contribution in [0.25, 0.3) is 0 Å². The lowest BCUT2D eigenvalue weighted by molar-refractivity contribution is 0.0928. The summed E-state index contributed by atoms with van der Waals surface area (Å²) < 4.78 is 5.99. The topological polar surface area (TPSA) is 76.4 Å². The Bertz CT molecular complexity index is 648. The minimum absolute atomic E-state index is 0.0483. The lowest BCUT2D eigenvalue weighted by Crippen LogP contribution is -2.35. The van der Waals surface area contributed by atoms with Crippen LogP contribution in [0.15, 0.2) is 18.2 Å². The van der Waals surface area contributed by atoms with Crippen LogP contribution in [0.1, 0.15) is 95.8 Å². The molecule has 1 aliphatic rings. The van der Waals surface area contributed by atoms with Gasteiger partial charge in [0.2, 0.25) is 0 Å². The second-order valence-electron chi connectivity index (χ2n) is 9.90. The lowest BCUT2D eigenvalue weighted by Gasteiger charge is -2.26. The number of nitrogens with two attached hydrogens (primary N) is 1. The van der Waals surface area contributed by atoms with Crippen LogP contribution in [-0.2, 0) is 0 Å². The molecule has 4 N–H and O–H groups in total. The summed E-state index contributed by atoms with van der Waals surface area (Å²) in [6.45, 7) is 9.77. The Hall–Kier alpha value is -1.75. The van der Waals surface area contributed by atoms with E-state index < -0.39 is 0 Å². The van der Waals surface area contributed by atoms with E-state index in [9.17, 15) is 4.79 Å². The van der Waals surface area contributed by atoms with Crippen molar-refractivity contribution in [2.24, 2.45) is 11.7 Å². The van der Waals surface area contributed by atoms with Gasteiger partial charge in [0, 0.05) is 17.3 Å². The predicted octanol–water partition coefficient (Wildman–Crippen LogP) is 5.49. The van der Waals surface area contributed by atoms with E-state index in [0.717, 1.165) is 37.3 Å². The Labute approximate surface area is 183 Å². The molecule has 1 atom stereocenters. The largest absolute Gasteiger partial charge is 0.493 e. The van der Waals surface area contributed by atoms with E-state index in [4.69, 9.17) is 10.5 Å². The molecule has 1 aliphatic carbocycles. The first-order valence-corrected chi connectivity index (χ1v) is 11.8. The minimum atomic E-state index is -0.0768. The van der Waals surface area contributed by atoms with Gasteiger partial charge in [0.1, 0.15) is 5.75 Å². The second kappa shape index (κ2) is 12.2. The lowest BCUT2D eigenvalue weighted by atomic mass is 9.85. The van der Waals surface area contributed by atoms with Gasteiger partial charge in [0.25, 0.3) is 5.91 Å². The van der Waals surface area contributed by atoms with E-state index in [2.05, 4.69) is 38.3 Å². The smallest absolute Gasteiger partial charge is 0.255 e.